The molecule has 272 valence electrons. The van der Waals surface area contributed by atoms with E-state index in [0.29, 0.717) is 58.2 Å². The first-order chi connectivity index (χ1) is 22.2. The third-order valence-corrected chi connectivity index (χ3v) is 6.86. The molecule has 0 atom stereocenters. The maximum atomic E-state index is 13.0. The Morgan fingerprint density at radius 2 is 0.938 bits per heavy atom. The van der Waals surface area contributed by atoms with Crippen molar-refractivity contribution in [3.8, 4) is 0 Å². The number of carbonyl (C=O) groups excluding carboxylic acids is 4. The third-order valence-electron chi connectivity index (χ3n) is 6.86. The van der Waals surface area contributed by atoms with E-state index in [1.54, 1.807) is 12.3 Å². The van der Waals surface area contributed by atoms with Crippen molar-refractivity contribution < 1.29 is 33.4 Å². The van der Waals surface area contributed by atoms with Crippen LogP contribution in [-0.2, 0) is 33.4 Å². The van der Waals surface area contributed by atoms with Crippen molar-refractivity contribution in [2.24, 2.45) is 0 Å². The van der Waals surface area contributed by atoms with Crippen molar-refractivity contribution in [2.75, 3.05) is 84.0 Å². The second kappa shape index (κ2) is 18.4. The molecule has 2 rings (SSSR count). The molecule has 14 heteroatoms. The number of aryl methyl sites for hydroxylation is 1. The number of ether oxygens (including phenoxy) is 3. The van der Waals surface area contributed by atoms with Crippen molar-refractivity contribution in [1.82, 2.24) is 30.0 Å². The van der Waals surface area contributed by atoms with E-state index in [1.165, 1.54) is 0 Å². The predicted molar refractivity (Wildman–Crippen MR) is 184 cm³/mol. The summed E-state index contributed by atoms with van der Waals surface area (Å²) in [6.45, 7) is 22.4. The van der Waals surface area contributed by atoms with Crippen molar-refractivity contribution in [3.05, 3.63) is 23.9 Å². The first kappa shape index (κ1) is 40.8. The first-order valence-corrected chi connectivity index (χ1v) is 16.7. The molecule has 1 aromatic rings. The summed E-state index contributed by atoms with van der Waals surface area (Å²) in [7, 11) is 0. The van der Waals surface area contributed by atoms with Crippen LogP contribution in [0.5, 0.6) is 0 Å². The molecule has 1 fully saturated rings. The van der Waals surface area contributed by atoms with Gasteiger partial charge < -0.3 is 14.2 Å². The van der Waals surface area contributed by atoms with Crippen LogP contribution in [0.15, 0.2) is 18.3 Å². The lowest BCUT2D eigenvalue weighted by Crippen LogP contribution is -2.50. The normalized spacial score (nSPS) is 17.0. The second-order valence-corrected chi connectivity index (χ2v) is 15.3. The number of nitrogens with zero attached hydrogens (tertiary/aromatic N) is 5. The molecule has 0 unspecified atom stereocenters. The molecule has 0 bridgehead atoms. The number of hydrazine groups is 1. The van der Waals surface area contributed by atoms with Gasteiger partial charge in [-0.3, -0.25) is 49.6 Å². The molecular formula is C34H59N7O7. The topological polar surface area (TPSA) is 146 Å². The minimum atomic E-state index is -0.632. The number of rotatable bonds is 10. The number of esters is 3. The largest absolute Gasteiger partial charge is 0.459 e. The van der Waals surface area contributed by atoms with E-state index in [-0.39, 0.29) is 50.0 Å². The first-order valence-electron chi connectivity index (χ1n) is 16.7. The van der Waals surface area contributed by atoms with E-state index in [4.69, 9.17) is 14.2 Å². The minimum absolute atomic E-state index is 0.0585. The van der Waals surface area contributed by atoms with E-state index >= 15 is 0 Å². The SMILES string of the molecule is Cc1ccc(NNC(=O)CN2CCN(CC(=O)OC(C)(C)C)CCN(CC(=O)OC(C)(C)C)CCN(CC(=O)OC(C)(C)C)CC2)nc1. The Morgan fingerprint density at radius 1 is 0.604 bits per heavy atom. The molecule has 0 aliphatic carbocycles. The Bertz CT molecular complexity index is 1140. The molecule has 1 amide bonds. The quantitative estimate of drug-likeness (QED) is 0.212. The summed E-state index contributed by atoms with van der Waals surface area (Å²) in [5.41, 5.74) is 4.68. The van der Waals surface area contributed by atoms with E-state index in [0.717, 1.165) is 5.56 Å². The highest BCUT2D eigenvalue weighted by Crippen LogP contribution is 2.11. The molecule has 1 saturated heterocycles. The van der Waals surface area contributed by atoms with Crippen LogP contribution >= 0.6 is 0 Å². The van der Waals surface area contributed by atoms with Crippen LogP contribution in [0.25, 0.3) is 0 Å². The van der Waals surface area contributed by atoms with Gasteiger partial charge in [-0.15, -0.1) is 0 Å². The van der Waals surface area contributed by atoms with Crippen LogP contribution < -0.4 is 10.9 Å². The van der Waals surface area contributed by atoms with Crippen LogP contribution in [-0.4, -0.2) is 144 Å². The summed E-state index contributed by atoms with van der Waals surface area (Å²) < 4.78 is 16.8. The average Bonchev–Trinajstić information content (AvgIpc) is 2.91. The zero-order valence-electron chi connectivity index (χ0n) is 30.8. The van der Waals surface area contributed by atoms with Crippen LogP contribution in [0.2, 0.25) is 0 Å². The second-order valence-electron chi connectivity index (χ2n) is 15.3. The number of aromatic nitrogens is 1. The van der Waals surface area contributed by atoms with E-state index in [1.807, 2.05) is 94.9 Å². The summed E-state index contributed by atoms with van der Waals surface area (Å²) in [6, 6.07) is 3.67. The van der Waals surface area contributed by atoms with Crippen LogP contribution in [0, 0.1) is 6.92 Å². The van der Waals surface area contributed by atoms with Gasteiger partial charge in [-0.1, -0.05) is 6.07 Å². The van der Waals surface area contributed by atoms with Gasteiger partial charge in [0.2, 0.25) is 0 Å². The van der Waals surface area contributed by atoms with Crippen molar-refractivity contribution in [3.63, 3.8) is 0 Å². The van der Waals surface area contributed by atoms with Crippen LogP contribution in [0.3, 0.4) is 0 Å². The minimum Gasteiger partial charge on any atom is -0.459 e. The number of anilines is 1. The fourth-order valence-electron chi connectivity index (χ4n) is 4.80. The van der Waals surface area contributed by atoms with Crippen molar-refractivity contribution in [1.29, 1.82) is 0 Å². The molecule has 0 saturated carbocycles. The molecule has 1 aliphatic rings. The number of pyridine rings is 1. The van der Waals surface area contributed by atoms with Gasteiger partial charge in [0.25, 0.3) is 5.91 Å². The molecule has 0 radical (unpaired) electrons. The van der Waals surface area contributed by atoms with Gasteiger partial charge in [-0.25, -0.2) is 4.98 Å². The summed E-state index contributed by atoms with van der Waals surface area (Å²) in [5.74, 6) is -0.790. The molecule has 2 heterocycles. The standard InChI is InChI=1S/C34H59N7O7/c1-26-11-12-27(35-21-26)36-37-28(42)22-38-13-15-39(23-29(43)46-32(2,3)4)17-19-41(25-31(45)48-34(8,9)10)20-18-40(16-14-38)24-30(44)47-33(5,6)7/h11-12,21H,13-20,22-25H2,1-10H3,(H,35,36)(H,37,42). The van der Waals surface area contributed by atoms with Gasteiger partial charge in [0.15, 0.2) is 0 Å². The van der Waals surface area contributed by atoms with Gasteiger partial charge in [0.05, 0.1) is 26.2 Å². The Labute approximate surface area is 286 Å². The fourth-order valence-corrected chi connectivity index (χ4v) is 4.80. The lowest BCUT2D eigenvalue weighted by molar-refractivity contribution is -0.158. The number of carbonyl (C=O) groups is 4. The molecule has 14 nitrogen and oxygen atoms in total. The fraction of sp³-hybridized carbons (Fsp3) is 0.735. The summed E-state index contributed by atoms with van der Waals surface area (Å²) in [4.78, 5) is 63.8. The molecule has 1 aromatic heterocycles. The van der Waals surface area contributed by atoms with Crippen molar-refractivity contribution in [2.45, 2.75) is 86.0 Å². The van der Waals surface area contributed by atoms with Gasteiger partial charge in [-0.2, -0.15) is 0 Å². The predicted octanol–water partition coefficient (Wildman–Crippen LogP) is 2.08. The van der Waals surface area contributed by atoms with E-state index < -0.39 is 16.8 Å². The number of hydrogen-bond acceptors (Lipinski definition) is 13. The van der Waals surface area contributed by atoms with Gasteiger partial charge in [0, 0.05) is 58.6 Å². The molecule has 48 heavy (non-hydrogen) atoms. The van der Waals surface area contributed by atoms with E-state index in [9.17, 15) is 19.2 Å². The van der Waals surface area contributed by atoms with Crippen LogP contribution in [0.4, 0.5) is 5.82 Å². The Hall–Kier alpha value is -3.33. The lowest BCUT2D eigenvalue weighted by Gasteiger charge is -2.34. The highest BCUT2D eigenvalue weighted by Gasteiger charge is 2.26. The number of amides is 1. The zero-order valence-corrected chi connectivity index (χ0v) is 30.8. The smallest absolute Gasteiger partial charge is 0.320 e. The molecule has 0 aromatic carbocycles. The van der Waals surface area contributed by atoms with Gasteiger partial charge in [0.1, 0.15) is 22.6 Å². The molecule has 0 spiro atoms. The highest BCUT2D eigenvalue weighted by molar-refractivity contribution is 5.79. The maximum absolute atomic E-state index is 13.0. The molecule has 2 N–H and O–H groups in total. The Kier molecular flexibility index (Phi) is 15.7. The maximum Gasteiger partial charge on any atom is 0.320 e. The average molecular weight is 678 g/mol. The number of nitrogens with one attached hydrogen (secondary N) is 2. The monoisotopic (exact) mass is 677 g/mol. The van der Waals surface area contributed by atoms with Crippen molar-refractivity contribution >= 4 is 29.6 Å². The zero-order chi connectivity index (χ0) is 36.1. The number of hydrogen-bond donors (Lipinski definition) is 2. The third kappa shape index (κ3) is 18.9. The Morgan fingerprint density at radius 3 is 1.23 bits per heavy atom. The molecule has 1 aliphatic heterocycles. The summed E-state index contributed by atoms with van der Waals surface area (Å²) in [6.07, 6.45) is 1.71. The summed E-state index contributed by atoms with van der Waals surface area (Å²) >= 11 is 0. The lowest BCUT2D eigenvalue weighted by atomic mass is 10.2. The highest BCUT2D eigenvalue weighted by atomic mass is 16.6. The van der Waals surface area contributed by atoms with Gasteiger partial charge >= 0.3 is 17.9 Å². The van der Waals surface area contributed by atoms with E-state index in [2.05, 4.69) is 15.8 Å². The van der Waals surface area contributed by atoms with Crippen LogP contribution in [0.1, 0.15) is 67.9 Å². The Balaban J connectivity index is 2.25. The van der Waals surface area contributed by atoms with Gasteiger partial charge in [-0.05, 0) is 80.9 Å². The summed E-state index contributed by atoms with van der Waals surface area (Å²) in [5, 5.41) is 0. The molecular weight excluding hydrogens is 618 g/mol.